The zero-order valence-electron chi connectivity index (χ0n) is 11.3. The first-order valence-corrected chi connectivity index (χ1v) is 7.60. The van der Waals surface area contributed by atoms with Gasteiger partial charge in [0, 0.05) is 18.6 Å². The van der Waals surface area contributed by atoms with Crippen molar-refractivity contribution in [2.24, 2.45) is 5.92 Å². The molecule has 4 heteroatoms. The number of aliphatic hydroxyl groups is 1. The van der Waals surface area contributed by atoms with E-state index in [1.54, 1.807) is 0 Å². The van der Waals surface area contributed by atoms with Gasteiger partial charge in [0.2, 0.25) is 0 Å². The van der Waals surface area contributed by atoms with Gasteiger partial charge in [-0.15, -0.1) is 0 Å². The van der Waals surface area contributed by atoms with Crippen LogP contribution in [0.2, 0.25) is 10.0 Å². The summed E-state index contributed by atoms with van der Waals surface area (Å²) in [4.78, 5) is 0. The van der Waals surface area contributed by atoms with Crippen molar-refractivity contribution in [2.75, 3.05) is 20.2 Å². The highest BCUT2D eigenvalue weighted by molar-refractivity contribution is 6.42. The molecule has 0 bridgehead atoms. The van der Waals surface area contributed by atoms with Crippen LogP contribution in [0.1, 0.15) is 31.2 Å². The average molecular weight is 302 g/mol. The molecule has 0 amide bonds. The molecule has 2 N–H and O–H groups in total. The summed E-state index contributed by atoms with van der Waals surface area (Å²) in [6.45, 7) is 1.08. The van der Waals surface area contributed by atoms with Crippen LogP contribution in [0.3, 0.4) is 0 Å². The molecule has 0 heterocycles. The van der Waals surface area contributed by atoms with Gasteiger partial charge in [0.1, 0.15) is 0 Å². The number of aliphatic hydroxyl groups excluding tert-OH is 1. The van der Waals surface area contributed by atoms with Crippen molar-refractivity contribution in [3.8, 4) is 0 Å². The van der Waals surface area contributed by atoms with Crippen LogP contribution in [0.25, 0.3) is 0 Å². The fourth-order valence-electron chi connectivity index (χ4n) is 3.41. The minimum Gasteiger partial charge on any atom is -0.396 e. The summed E-state index contributed by atoms with van der Waals surface area (Å²) in [5.74, 6) is 0.283. The van der Waals surface area contributed by atoms with Gasteiger partial charge in [-0.1, -0.05) is 42.1 Å². The molecule has 19 heavy (non-hydrogen) atoms. The van der Waals surface area contributed by atoms with Crippen LogP contribution in [0.15, 0.2) is 18.2 Å². The Kier molecular flexibility index (Phi) is 5.13. The van der Waals surface area contributed by atoms with Crippen molar-refractivity contribution >= 4 is 23.2 Å². The van der Waals surface area contributed by atoms with E-state index >= 15 is 0 Å². The van der Waals surface area contributed by atoms with Crippen molar-refractivity contribution in [2.45, 2.75) is 31.1 Å². The van der Waals surface area contributed by atoms with Crippen LogP contribution in [-0.4, -0.2) is 25.3 Å². The van der Waals surface area contributed by atoms with E-state index in [1.165, 1.54) is 18.4 Å². The first kappa shape index (κ1) is 15.1. The summed E-state index contributed by atoms with van der Waals surface area (Å²) >= 11 is 12.2. The summed E-state index contributed by atoms with van der Waals surface area (Å²) in [7, 11) is 1.96. The van der Waals surface area contributed by atoms with Crippen LogP contribution in [0, 0.1) is 5.92 Å². The number of hydrogen-bond donors (Lipinski definition) is 2. The molecule has 1 aliphatic carbocycles. The van der Waals surface area contributed by atoms with Gasteiger partial charge < -0.3 is 10.4 Å². The zero-order valence-corrected chi connectivity index (χ0v) is 12.8. The average Bonchev–Trinajstić information content (AvgIpc) is 2.42. The van der Waals surface area contributed by atoms with E-state index in [0.717, 1.165) is 19.4 Å². The van der Waals surface area contributed by atoms with Crippen molar-refractivity contribution in [1.29, 1.82) is 0 Å². The Hall–Kier alpha value is -0.280. The number of rotatable bonds is 4. The fraction of sp³-hybridized carbons (Fsp3) is 0.600. The van der Waals surface area contributed by atoms with Gasteiger partial charge in [-0.2, -0.15) is 0 Å². The molecule has 2 nitrogen and oxygen atoms in total. The first-order valence-electron chi connectivity index (χ1n) is 6.85. The van der Waals surface area contributed by atoms with Gasteiger partial charge in [0.25, 0.3) is 0 Å². The Labute approximate surface area is 125 Å². The van der Waals surface area contributed by atoms with Crippen molar-refractivity contribution < 1.29 is 5.11 Å². The van der Waals surface area contributed by atoms with Crippen LogP contribution in [-0.2, 0) is 5.41 Å². The smallest absolute Gasteiger partial charge is 0.0595 e. The molecule has 2 unspecified atom stereocenters. The predicted octanol–water partition coefficient (Wildman–Crippen LogP) is 3.63. The Morgan fingerprint density at radius 3 is 2.74 bits per heavy atom. The lowest BCUT2D eigenvalue weighted by Crippen LogP contribution is -2.47. The van der Waals surface area contributed by atoms with Crippen LogP contribution >= 0.6 is 23.2 Å². The molecule has 106 valence electrons. The van der Waals surface area contributed by atoms with Crippen molar-refractivity contribution in [1.82, 2.24) is 5.32 Å². The highest BCUT2D eigenvalue weighted by atomic mass is 35.5. The summed E-state index contributed by atoms with van der Waals surface area (Å²) in [6, 6.07) is 5.88. The Morgan fingerprint density at radius 1 is 1.32 bits per heavy atom. The maximum Gasteiger partial charge on any atom is 0.0595 e. The molecular formula is C15H21Cl2NO. The SMILES string of the molecule is CNCC1(c2ccc(Cl)c(Cl)c2)CCCCC1CO. The molecule has 0 aromatic heterocycles. The number of hydrogen-bond acceptors (Lipinski definition) is 2. The standard InChI is InChI=1S/C15H21Cl2NO/c1-18-10-15(7-3-2-4-12(15)9-19)11-5-6-13(16)14(17)8-11/h5-6,8,12,18-19H,2-4,7,9-10H2,1H3. The van der Waals surface area contributed by atoms with Gasteiger partial charge in [-0.3, -0.25) is 0 Å². The maximum atomic E-state index is 9.75. The third-order valence-electron chi connectivity index (χ3n) is 4.41. The molecule has 1 fully saturated rings. The predicted molar refractivity (Wildman–Crippen MR) is 81.1 cm³/mol. The van der Waals surface area contributed by atoms with E-state index in [1.807, 2.05) is 19.2 Å². The third-order valence-corrected chi connectivity index (χ3v) is 5.15. The van der Waals surface area contributed by atoms with Crippen molar-refractivity contribution in [3.63, 3.8) is 0 Å². The molecule has 2 rings (SSSR count). The quantitative estimate of drug-likeness (QED) is 0.890. The second kappa shape index (κ2) is 6.45. The van der Waals surface area contributed by atoms with E-state index < -0.39 is 0 Å². The highest BCUT2D eigenvalue weighted by Crippen LogP contribution is 2.44. The third kappa shape index (κ3) is 2.92. The van der Waals surface area contributed by atoms with E-state index in [-0.39, 0.29) is 17.9 Å². The monoisotopic (exact) mass is 301 g/mol. The van der Waals surface area contributed by atoms with Crippen LogP contribution in [0.5, 0.6) is 0 Å². The number of nitrogens with one attached hydrogen (secondary N) is 1. The Balaban J connectivity index is 2.44. The van der Waals surface area contributed by atoms with Crippen LogP contribution < -0.4 is 5.32 Å². The number of halogens is 2. The zero-order chi connectivity index (χ0) is 13.9. The molecule has 0 radical (unpaired) electrons. The lowest BCUT2D eigenvalue weighted by atomic mass is 9.62. The lowest BCUT2D eigenvalue weighted by Gasteiger charge is -2.44. The summed E-state index contributed by atoms with van der Waals surface area (Å²) in [5.41, 5.74) is 1.16. The van der Waals surface area contributed by atoms with E-state index in [4.69, 9.17) is 23.2 Å². The topological polar surface area (TPSA) is 32.3 Å². The molecule has 2 atom stereocenters. The van der Waals surface area contributed by atoms with E-state index in [0.29, 0.717) is 10.0 Å². The van der Waals surface area contributed by atoms with Gasteiger partial charge in [-0.25, -0.2) is 0 Å². The van der Waals surface area contributed by atoms with Gasteiger partial charge in [0.05, 0.1) is 10.0 Å². The minimum atomic E-state index is -0.0318. The Morgan fingerprint density at radius 2 is 2.11 bits per heavy atom. The molecule has 1 aromatic carbocycles. The summed E-state index contributed by atoms with van der Waals surface area (Å²) in [6.07, 6.45) is 4.53. The van der Waals surface area contributed by atoms with E-state index in [2.05, 4.69) is 11.4 Å². The normalized spacial score (nSPS) is 27.5. The van der Waals surface area contributed by atoms with Gasteiger partial charge in [-0.05, 0) is 43.5 Å². The molecular weight excluding hydrogens is 281 g/mol. The number of benzene rings is 1. The summed E-state index contributed by atoms with van der Waals surface area (Å²) < 4.78 is 0. The Bertz CT molecular complexity index is 434. The minimum absolute atomic E-state index is 0.0318. The fourth-order valence-corrected chi connectivity index (χ4v) is 3.71. The highest BCUT2D eigenvalue weighted by Gasteiger charge is 2.41. The molecule has 1 aliphatic rings. The molecule has 1 aromatic rings. The number of likely N-dealkylation sites (N-methyl/N-ethyl adjacent to an activating group) is 1. The maximum absolute atomic E-state index is 9.75. The van der Waals surface area contributed by atoms with Gasteiger partial charge in [0.15, 0.2) is 0 Å². The molecule has 0 spiro atoms. The summed E-state index contributed by atoms with van der Waals surface area (Å²) in [5, 5.41) is 14.2. The second-order valence-electron chi connectivity index (χ2n) is 5.44. The molecule has 0 saturated heterocycles. The van der Waals surface area contributed by atoms with Crippen LogP contribution in [0.4, 0.5) is 0 Å². The van der Waals surface area contributed by atoms with Crippen molar-refractivity contribution in [3.05, 3.63) is 33.8 Å². The lowest BCUT2D eigenvalue weighted by molar-refractivity contribution is 0.104. The van der Waals surface area contributed by atoms with E-state index in [9.17, 15) is 5.11 Å². The van der Waals surface area contributed by atoms with Gasteiger partial charge >= 0.3 is 0 Å². The largest absolute Gasteiger partial charge is 0.396 e. The molecule has 1 saturated carbocycles. The first-order chi connectivity index (χ1) is 9.14. The second-order valence-corrected chi connectivity index (χ2v) is 6.26. The molecule has 0 aliphatic heterocycles.